The molecule has 12 heteroatoms. The Morgan fingerprint density at radius 3 is 1.35 bits per heavy atom. The van der Waals surface area contributed by atoms with Crippen LogP contribution in [-0.2, 0) is 9.47 Å². The minimum atomic E-state index is -0.525. The smallest absolute Gasteiger partial charge is 0.410 e. The Balaban J connectivity index is 0.000000251. The van der Waals surface area contributed by atoms with E-state index in [1.165, 1.54) is 12.1 Å². The first kappa shape index (κ1) is 36.3. The molecule has 2 fully saturated rings. The summed E-state index contributed by atoms with van der Waals surface area (Å²) in [5.41, 5.74) is 6.93. The molecular weight excluding hydrogens is 588 g/mol. The van der Waals surface area contributed by atoms with Crippen molar-refractivity contribution < 1.29 is 24.0 Å². The van der Waals surface area contributed by atoms with Gasteiger partial charge in [0.05, 0.1) is 16.0 Å². The third kappa shape index (κ3) is 9.89. The highest BCUT2D eigenvalue weighted by Gasteiger charge is 2.40. The molecule has 2 heterocycles. The summed E-state index contributed by atoms with van der Waals surface area (Å²) in [5.74, 6) is 0. The minimum Gasteiger partial charge on any atom is -0.444 e. The molecule has 2 N–H and O–H groups in total. The van der Waals surface area contributed by atoms with Gasteiger partial charge >= 0.3 is 12.2 Å². The van der Waals surface area contributed by atoms with Crippen molar-refractivity contribution in [2.45, 2.75) is 91.5 Å². The highest BCUT2D eigenvalue weighted by atomic mass is 16.6. The van der Waals surface area contributed by atoms with Crippen molar-refractivity contribution in [2.75, 3.05) is 54.8 Å². The number of benzene rings is 2. The number of ether oxygens (including phenoxy) is 2. The van der Waals surface area contributed by atoms with Gasteiger partial charge in [-0.1, -0.05) is 0 Å². The van der Waals surface area contributed by atoms with E-state index in [1.54, 1.807) is 17.0 Å². The molecule has 0 spiro atoms. The molecule has 0 radical (unpaired) electrons. The number of nitrogens with two attached hydrogens (primary N) is 1. The van der Waals surface area contributed by atoms with E-state index in [1.807, 2.05) is 84.6 Å². The van der Waals surface area contributed by atoms with Gasteiger partial charge in [0.25, 0.3) is 5.69 Å². The van der Waals surface area contributed by atoms with E-state index in [0.717, 1.165) is 30.2 Å². The van der Waals surface area contributed by atoms with E-state index < -0.39 is 21.7 Å². The third-order valence-electron chi connectivity index (χ3n) is 7.72. The summed E-state index contributed by atoms with van der Waals surface area (Å²) < 4.78 is 11.0. The minimum absolute atomic E-state index is 0.0744. The van der Waals surface area contributed by atoms with Crippen LogP contribution in [0.15, 0.2) is 48.5 Å². The second-order valence-electron chi connectivity index (χ2n) is 15.1. The number of carbonyl (C=O) groups is 2. The van der Waals surface area contributed by atoms with Gasteiger partial charge in [0, 0.05) is 68.5 Å². The maximum absolute atomic E-state index is 12.4. The van der Waals surface area contributed by atoms with Crippen LogP contribution in [0.4, 0.5) is 32.3 Å². The summed E-state index contributed by atoms with van der Waals surface area (Å²) in [6, 6.07) is 14.4. The van der Waals surface area contributed by atoms with E-state index in [2.05, 4.69) is 23.6 Å². The number of anilines is 3. The van der Waals surface area contributed by atoms with Crippen LogP contribution in [0.5, 0.6) is 0 Å². The lowest BCUT2D eigenvalue weighted by molar-refractivity contribution is -0.384. The number of hydrogen-bond donors (Lipinski definition) is 1. The van der Waals surface area contributed by atoms with E-state index >= 15 is 0 Å². The summed E-state index contributed by atoms with van der Waals surface area (Å²) in [6.07, 6.45) is -0.551. The van der Waals surface area contributed by atoms with E-state index in [0.29, 0.717) is 26.2 Å². The van der Waals surface area contributed by atoms with Gasteiger partial charge in [-0.15, -0.1) is 0 Å². The maximum atomic E-state index is 12.4. The first-order valence-electron chi connectivity index (χ1n) is 15.7. The Morgan fingerprint density at radius 1 is 0.696 bits per heavy atom. The predicted molar refractivity (Wildman–Crippen MR) is 182 cm³/mol. The van der Waals surface area contributed by atoms with Crippen molar-refractivity contribution in [3.8, 4) is 0 Å². The Hall–Kier alpha value is -4.22. The molecule has 0 aliphatic carbocycles. The topological polar surface area (TPSA) is 135 Å². The summed E-state index contributed by atoms with van der Waals surface area (Å²) in [4.78, 5) is 43.1. The highest BCUT2D eigenvalue weighted by molar-refractivity contribution is 5.70. The molecule has 0 aromatic heterocycles. The predicted octanol–water partition coefficient (Wildman–Crippen LogP) is 6.54. The zero-order valence-electron chi connectivity index (χ0n) is 29.1. The molecule has 12 nitrogen and oxygen atoms in total. The Labute approximate surface area is 273 Å². The molecule has 2 saturated heterocycles. The summed E-state index contributed by atoms with van der Waals surface area (Å²) in [5, 5.41) is 10.8. The van der Waals surface area contributed by atoms with Gasteiger partial charge in [0.2, 0.25) is 0 Å². The van der Waals surface area contributed by atoms with E-state index in [4.69, 9.17) is 15.2 Å². The fourth-order valence-electron chi connectivity index (χ4n) is 5.53. The van der Waals surface area contributed by atoms with Crippen LogP contribution >= 0.6 is 0 Å². The quantitative estimate of drug-likeness (QED) is 0.226. The number of amides is 2. The van der Waals surface area contributed by atoms with Crippen LogP contribution in [0.25, 0.3) is 0 Å². The molecule has 2 aliphatic rings. The number of nitrogen functional groups attached to an aromatic ring is 1. The van der Waals surface area contributed by atoms with Gasteiger partial charge < -0.3 is 25.0 Å². The number of nitro groups is 1. The molecule has 0 atom stereocenters. The van der Waals surface area contributed by atoms with Crippen LogP contribution in [0, 0.1) is 10.1 Å². The molecule has 46 heavy (non-hydrogen) atoms. The molecule has 0 unspecified atom stereocenters. The van der Waals surface area contributed by atoms with E-state index in [-0.39, 0.29) is 23.4 Å². The molecule has 2 aliphatic heterocycles. The second kappa shape index (κ2) is 13.6. The first-order chi connectivity index (χ1) is 21.1. The molecule has 2 aromatic rings. The maximum Gasteiger partial charge on any atom is 0.410 e. The largest absolute Gasteiger partial charge is 0.444 e. The van der Waals surface area contributed by atoms with Crippen LogP contribution in [0.1, 0.15) is 69.2 Å². The first-order valence-corrected chi connectivity index (χ1v) is 15.7. The van der Waals surface area contributed by atoms with Crippen molar-refractivity contribution in [2.24, 2.45) is 0 Å². The Bertz CT molecular complexity index is 1360. The van der Waals surface area contributed by atoms with Crippen molar-refractivity contribution in [3.05, 3.63) is 58.6 Å². The standard InChI is InChI=1S/C17H25N3O4.C17H27N3O2/c1-16(2,3)24-15(21)19-11-10-18(12-17(19,4)5)13-6-8-14(9-7-13)20(22)23;1-16(2,3)22-15(21)20-11-10-19(12-17(20,4)5)14-8-6-13(18)7-9-14/h6-9H,10-12H2,1-5H3;6-9H,10-12,18H2,1-5H3. The number of nitro benzene ring substituents is 1. The number of nitrogens with zero attached hydrogens (tertiary/aromatic N) is 5. The third-order valence-corrected chi connectivity index (χ3v) is 7.72. The second-order valence-corrected chi connectivity index (χ2v) is 15.1. The lowest BCUT2D eigenvalue weighted by Crippen LogP contribution is -2.61. The fourth-order valence-corrected chi connectivity index (χ4v) is 5.53. The molecular formula is C34H52N6O6. The van der Waals surface area contributed by atoms with Gasteiger partial charge in [0.15, 0.2) is 0 Å². The van der Waals surface area contributed by atoms with Gasteiger partial charge in [0.1, 0.15) is 11.2 Å². The number of carbonyl (C=O) groups excluding carboxylic acids is 2. The number of piperazine rings is 2. The monoisotopic (exact) mass is 640 g/mol. The molecule has 4 rings (SSSR count). The zero-order chi connectivity index (χ0) is 34.7. The van der Waals surface area contributed by atoms with Crippen molar-refractivity contribution in [1.29, 1.82) is 0 Å². The normalized spacial score (nSPS) is 17.9. The van der Waals surface area contributed by atoms with Crippen LogP contribution in [0.2, 0.25) is 0 Å². The van der Waals surface area contributed by atoms with Crippen molar-refractivity contribution in [3.63, 3.8) is 0 Å². The average Bonchev–Trinajstić information content (AvgIpc) is 2.90. The highest BCUT2D eigenvalue weighted by Crippen LogP contribution is 2.29. The van der Waals surface area contributed by atoms with Gasteiger partial charge in [-0.3, -0.25) is 19.9 Å². The molecule has 0 saturated carbocycles. The van der Waals surface area contributed by atoms with Crippen molar-refractivity contribution >= 4 is 34.9 Å². The van der Waals surface area contributed by atoms with Crippen LogP contribution < -0.4 is 15.5 Å². The molecule has 0 bridgehead atoms. The molecule has 2 amide bonds. The number of non-ortho nitro benzene ring substituents is 1. The summed E-state index contributed by atoms with van der Waals surface area (Å²) in [7, 11) is 0. The fraction of sp³-hybridized carbons (Fsp3) is 0.588. The van der Waals surface area contributed by atoms with Gasteiger partial charge in [-0.05, 0) is 106 Å². The molecule has 2 aromatic carbocycles. The Morgan fingerprint density at radius 2 is 1.04 bits per heavy atom. The van der Waals surface area contributed by atoms with Gasteiger partial charge in [-0.25, -0.2) is 9.59 Å². The lowest BCUT2D eigenvalue weighted by atomic mass is 9.98. The zero-order valence-corrected chi connectivity index (χ0v) is 29.1. The summed E-state index contributed by atoms with van der Waals surface area (Å²) in [6.45, 7) is 23.4. The van der Waals surface area contributed by atoms with E-state index in [9.17, 15) is 19.7 Å². The van der Waals surface area contributed by atoms with Crippen molar-refractivity contribution in [1.82, 2.24) is 9.80 Å². The SMILES string of the molecule is CC(C)(C)OC(=O)N1CCN(c2ccc(N)cc2)CC1(C)C.CC(C)(C)OC(=O)N1CCN(c2ccc([N+](=O)[O-])cc2)CC1(C)C. The lowest BCUT2D eigenvalue weighted by Gasteiger charge is -2.47. The Kier molecular flexibility index (Phi) is 10.7. The van der Waals surface area contributed by atoms with Crippen LogP contribution in [0.3, 0.4) is 0 Å². The van der Waals surface area contributed by atoms with Crippen LogP contribution in [-0.4, -0.2) is 88.5 Å². The average molecular weight is 641 g/mol. The number of hydrogen-bond acceptors (Lipinski definition) is 9. The number of rotatable bonds is 3. The molecule has 254 valence electrons. The summed E-state index contributed by atoms with van der Waals surface area (Å²) >= 11 is 0. The van der Waals surface area contributed by atoms with Gasteiger partial charge in [-0.2, -0.15) is 0 Å².